The highest BCUT2D eigenvalue weighted by molar-refractivity contribution is 5.21. The lowest BCUT2D eigenvalue weighted by Crippen LogP contribution is -2.27. The van der Waals surface area contributed by atoms with Crippen LogP contribution in [0.4, 0.5) is 0 Å². The summed E-state index contributed by atoms with van der Waals surface area (Å²) in [6.45, 7) is 11.7. The molecule has 0 aromatic carbocycles. The lowest BCUT2D eigenvalue weighted by atomic mass is 9.66. The van der Waals surface area contributed by atoms with Gasteiger partial charge in [-0.2, -0.15) is 0 Å². The summed E-state index contributed by atoms with van der Waals surface area (Å²) in [4.78, 5) is 0. The molecule has 0 spiro atoms. The number of hydrogen-bond donors (Lipinski definition) is 0. The van der Waals surface area contributed by atoms with Crippen LogP contribution in [0.5, 0.6) is 0 Å². The van der Waals surface area contributed by atoms with Gasteiger partial charge >= 0.3 is 0 Å². The molecular formula is C12H22. The van der Waals surface area contributed by atoms with Gasteiger partial charge in [-0.25, -0.2) is 0 Å². The lowest BCUT2D eigenvalue weighted by molar-refractivity contribution is 0.293. The van der Waals surface area contributed by atoms with Crippen LogP contribution >= 0.6 is 0 Å². The molecule has 0 fully saturated rings. The van der Waals surface area contributed by atoms with Gasteiger partial charge in [0.2, 0.25) is 0 Å². The molecule has 0 saturated heterocycles. The highest BCUT2D eigenvalue weighted by Crippen LogP contribution is 2.45. The molecule has 1 rings (SSSR count). The van der Waals surface area contributed by atoms with Crippen molar-refractivity contribution in [2.75, 3.05) is 0 Å². The normalized spacial score (nSPS) is 23.6. The summed E-state index contributed by atoms with van der Waals surface area (Å²) in [5, 5.41) is 0. The third kappa shape index (κ3) is 1.91. The van der Waals surface area contributed by atoms with Gasteiger partial charge in [-0.3, -0.25) is 0 Å². The molecule has 12 heavy (non-hydrogen) atoms. The van der Waals surface area contributed by atoms with Gasteiger partial charge in [-0.15, -0.1) is 0 Å². The van der Waals surface area contributed by atoms with E-state index in [0.29, 0.717) is 10.8 Å². The topological polar surface area (TPSA) is 0 Å². The predicted molar refractivity (Wildman–Crippen MR) is 55.2 cm³/mol. The summed E-state index contributed by atoms with van der Waals surface area (Å²) in [6.07, 6.45) is 6.47. The third-order valence-electron chi connectivity index (χ3n) is 2.89. The maximum atomic E-state index is 2.46. The minimum atomic E-state index is 0.365. The summed E-state index contributed by atoms with van der Waals surface area (Å²) in [7, 11) is 0. The van der Waals surface area contributed by atoms with Gasteiger partial charge in [0.1, 0.15) is 0 Å². The quantitative estimate of drug-likeness (QED) is 0.474. The zero-order valence-electron chi connectivity index (χ0n) is 9.20. The van der Waals surface area contributed by atoms with E-state index < -0.39 is 0 Å². The Balaban J connectivity index is 2.94. The van der Waals surface area contributed by atoms with Crippen molar-refractivity contribution in [2.45, 2.75) is 53.9 Å². The van der Waals surface area contributed by atoms with E-state index in [0.717, 1.165) is 0 Å². The van der Waals surface area contributed by atoms with Gasteiger partial charge in [0.25, 0.3) is 0 Å². The third-order valence-corrected chi connectivity index (χ3v) is 2.89. The first-order chi connectivity index (χ1) is 5.34. The van der Waals surface area contributed by atoms with Crippen LogP contribution in [0.2, 0.25) is 0 Å². The van der Waals surface area contributed by atoms with Gasteiger partial charge in [-0.05, 0) is 30.1 Å². The van der Waals surface area contributed by atoms with Crippen molar-refractivity contribution in [1.29, 1.82) is 0 Å². The molecular weight excluding hydrogens is 144 g/mol. The smallest absolute Gasteiger partial charge is 0.0139 e. The highest BCUT2D eigenvalue weighted by Gasteiger charge is 2.32. The average molecular weight is 166 g/mol. The monoisotopic (exact) mass is 166 g/mol. The molecule has 1 aliphatic carbocycles. The minimum absolute atomic E-state index is 0.365. The van der Waals surface area contributed by atoms with Crippen LogP contribution in [-0.4, -0.2) is 0 Å². The van der Waals surface area contributed by atoms with Gasteiger partial charge < -0.3 is 0 Å². The lowest BCUT2D eigenvalue weighted by Gasteiger charge is -2.39. The molecule has 0 heteroatoms. The van der Waals surface area contributed by atoms with Crippen molar-refractivity contribution in [1.82, 2.24) is 0 Å². The van der Waals surface area contributed by atoms with Gasteiger partial charge in [0.05, 0.1) is 0 Å². The maximum absolute atomic E-state index is 2.46. The van der Waals surface area contributed by atoms with Crippen LogP contribution < -0.4 is 0 Å². The molecule has 0 amide bonds. The first kappa shape index (κ1) is 9.83. The Hall–Kier alpha value is -0.260. The zero-order chi connectivity index (χ0) is 9.41. The molecule has 0 nitrogen and oxygen atoms in total. The Bertz CT molecular complexity index is 189. The van der Waals surface area contributed by atoms with Crippen molar-refractivity contribution in [2.24, 2.45) is 10.8 Å². The van der Waals surface area contributed by atoms with E-state index in [1.165, 1.54) is 19.3 Å². The highest BCUT2D eigenvalue weighted by atomic mass is 14.4. The predicted octanol–water partition coefficient (Wildman–Crippen LogP) is 4.17. The summed E-state index contributed by atoms with van der Waals surface area (Å²) in [6, 6.07) is 0. The summed E-state index contributed by atoms with van der Waals surface area (Å²) in [5.41, 5.74) is 2.46. The molecule has 0 radical (unpaired) electrons. The molecule has 0 heterocycles. The molecule has 1 aliphatic rings. The fourth-order valence-corrected chi connectivity index (χ4v) is 2.52. The molecule has 0 aromatic heterocycles. The van der Waals surface area contributed by atoms with E-state index in [-0.39, 0.29) is 0 Å². The molecule has 70 valence electrons. The van der Waals surface area contributed by atoms with Crippen LogP contribution in [0.1, 0.15) is 53.9 Å². The van der Waals surface area contributed by atoms with Crippen LogP contribution in [-0.2, 0) is 0 Å². The summed E-state index contributed by atoms with van der Waals surface area (Å²) < 4.78 is 0. The summed E-state index contributed by atoms with van der Waals surface area (Å²) >= 11 is 0. The molecule has 0 N–H and O–H groups in total. The van der Waals surface area contributed by atoms with E-state index in [9.17, 15) is 0 Å². The molecule has 0 aromatic rings. The maximum Gasteiger partial charge on any atom is -0.0139 e. The van der Waals surface area contributed by atoms with Crippen molar-refractivity contribution in [3.8, 4) is 0 Å². The number of rotatable bonds is 0. The Kier molecular flexibility index (Phi) is 2.38. The van der Waals surface area contributed by atoms with Crippen molar-refractivity contribution in [3.05, 3.63) is 11.6 Å². The summed E-state index contributed by atoms with van der Waals surface area (Å²) in [5.74, 6) is 0. The largest absolute Gasteiger partial charge is 0.0843 e. The second-order valence-corrected chi connectivity index (χ2v) is 5.64. The van der Waals surface area contributed by atoms with Crippen LogP contribution in [0.3, 0.4) is 0 Å². The minimum Gasteiger partial charge on any atom is -0.0843 e. The standard InChI is InChI=1S/C12H22/c1-11(2,3)10-8-6-7-9-12(10,4)5/h8H,6-7,9H2,1-5H3. The first-order valence-electron chi connectivity index (χ1n) is 5.05. The Labute approximate surface area is 77.1 Å². The fourth-order valence-electron chi connectivity index (χ4n) is 2.52. The second-order valence-electron chi connectivity index (χ2n) is 5.64. The van der Waals surface area contributed by atoms with E-state index in [2.05, 4.69) is 40.7 Å². The number of allylic oxidation sites excluding steroid dienone is 2. The van der Waals surface area contributed by atoms with Gasteiger partial charge in [-0.1, -0.05) is 46.3 Å². The molecule has 0 bridgehead atoms. The Morgan fingerprint density at radius 1 is 1.25 bits per heavy atom. The Morgan fingerprint density at radius 3 is 2.17 bits per heavy atom. The van der Waals surface area contributed by atoms with Gasteiger partial charge in [0, 0.05) is 0 Å². The van der Waals surface area contributed by atoms with Crippen molar-refractivity contribution >= 4 is 0 Å². The van der Waals surface area contributed by atoms with Crippen molar-refractivity contribution < 1.29 is 0 Å². The molecule has 0 saturated carbocycles. The zero-order valence-corrected chi connectivity index (χ0v) is 9.20. The Morgan fingerprint density at radius 2 is 1.83 bits per heavy atom. The number of hydrogen-bond acceptors (Lipinski definition) is 0. The van der Waals surface area contributed by atoms with Crippen LogP contribution in [0.15, 0.2) is 11.6 Å². The van der Waals surface area contributed by atoms with Crippen LogP contribution in [0, 0.1) is 10.8 Å². The fraction of sp³-hybridized carbons (Fsp3) is 0.833. The van der Waals surface area contributed by atoms with Crippen LogP contribution in [0.25, 0.3) is 0 Å². The molecule has 0 unspecified atom stereocenters. The molecule has 0 aliphatic heterocycles. The molecule has 0 atom stereocenters. The van der Waals surface area contributed by atoms with E-state index in [1.807, 2.05) is 0 Å². The van der Waals surface area contributed by atoms with E-state index >= 15 is 0 Å². The SMILES string of the molecule is CC(C)(C)C1=CCCCC1(C)C. The average Bonchev–Trinajstić information content (AvgIpc) is 1.83. The van der Waals surface area contributed by atoms with Crippen molar-refractivity contribution in [3.63, 3.8) is 0 Å². The van der Waals surface area contributed by atoms with E-state index in [4.69, 9.17) is 0 Å². The first-order valence-corrected chi connectivity index (χ1v) is 5.05. The van der Waals surface area contributed by atoms with Gasteiger partial charge in [0.15, 0.2) is 0 Å². The second kappa shape index (κ2) is 2.90. The van der Waals surface area contributed by atoms with E-state index in [1.54, 1.807) is 5.57 Å².